The maximum Gasteiger partial charge on any atom is 0.253 e. The smallest absolute Gasteiger partial charge is 0.253 e. The molecule has 1 aromatic heterocycles. The number of amides is 1. The van der Waals surface area contributed by atoms with Crippen LogP contribution in [0.3, 0.4) is 0 Å². The molecule has 1 amide bonds. The summed E-state index contributed by atoms with van der Waals surface area (Å²) in [5.41, 5.74) is 6.82. The van der Waals surface area contributed by atoms with E-state index in [0.717, 1.165) is 35.7 Å². The minimum atomic E-state index is -0.164. The summed E-state index contributed by atoms with van der Waals surface area (Å²) in [4.78, 5) is 13.6. The average Bonchev–Trinajstić information content (AvgIpc) is 3.65. The molecule has 0 aliphatic heterocycles. The number of benzene rings is 1. The molecule has 0 bridgehead atoms. The van der Waals surface area contributed by atoms with Crippen LogP contribution < -0.4 is 15.4 Å². The van der Waals surface area contributed by atoms with Crippen molar-refractivity contribution in [2.45, 2.75) is 123 Å². The molecule has 2 aromatic rings. The third-order valence-electron chi connectivity index (χ3n) is 9.64. The van der Waals surface area contributed by atoms with Crippen molar-refractivity contribution in [1.82, 2.24) is 15.2 Å². The second kappa shape index (κ2) is 11.3. The van der Waals surface area contributed by atoms with Gasteiger partial charge in [-0.3, -0.25) is 4.79 Å². The Kier molecular flexibility index (Phi) is 8.61. The number of methoxy groups -OCH3 is 1. The van der Waals surface area contributed by atoms with E-state index in [1.165, 1.54) is 61.6 Å². The molecule has 5 heteroatoms. The van der Waals surface area contributed by atoms with Crippen LogP contribution >= 0.6 is 0 Å². The normalized spacial score (nSPS) is 17.8. The summed E-state index contributed by atoms with van der Waals surface area (Å²) < 4.78 is 8.59. The number of carbonyl (C=O) groups is 1. The Bertz CT molecular complexity index is 1170. The summed E-state index contributed by atoms with van der Waals surface area (Å²) in [6.07, 6.45) is 10.1. The standard InChI is InChI=1S/C34H53N3O2/c1-10-34(16-17-34)28-19-25(18-27(30(28)39-9)32(3,4)5)29-20-26(31(38)36-22-33(6,7)35-8)23(2)37(29)21-24-14-12-11-13-15-24/h18-20,24,35H,10-17,21-22H2,1-9H3,(H,36,38). The van der Waals surface area contributed by atoms with Gasteiger partial charge in [-0.2, -0.15) is 0 Å². The van der Waals surface area contributed by atoms with Gasteiger partial charge in [-0.1, -0.05) is 47.0 Å². The monoisotopic (exact) mass is 535 g/mol. The SMILES string of the molecule is CCC1(c2cc(-c3cc(C(=O)NCC(C)(C)NC)c(C)n3CC3CCCCC3)cc(C(C)(C)C)c2OC)CC1. The van der Waals surface area contributed by atoms with Crippen LogP contribution in [0.15, 0.2) is 18.2 Å². The number of nitrogens with one attached hydrogen (secondary N) is 2. The first-order valence-electron chi connectivity index (χ1n) is 15.3. The molecule has 0 atom stereocenters. The Labute approximate surface area is 237 Å². The van der Waals surface area contributed by atoms with Crippen LogP contribution in [-0.2, 0) is 17.4 Å². The summed E-state index contributed by atoms with van der Waals surface area (Å²) in [6.45, 7) is 17.0. The van der Waals surface area contributed by atoms with Crippen LogP contribution in [0.2, 0.25) is 0 Å². The van der Waals surface area contributed by atoms with Gasteiger partial charge in [0.2, 0.25) is 0 Å². The molecule has 216 valence electrons. The molecule has 2 aliphatic rings. The van der Waals surface area contributed by atoms with Crippen LogP contribution in [0.4, 0.5) is 0 Å². The molecular weight excluding hydrogens is 482 g/mol. The summed E-state index contributed by atoms with van der Waals surface area (Å²) in [5.74, 6) is 1.73. The number of rotatable bonds is 10. The number of ether oxygens (including phenoxy) is 1. The van der Waals surface area contributed by atoms with E-state index in [1.54, 1.807) is 0 Å². The number of aromatic nitrogens is 1. The van der Waals surface area contributed by atoms with Gasteiger partial charge >= 0.3 is 0 Å². The third kappa shape index (κ3) is 6.24. The van der Waals surface area contributed by atoms with Gasteiger partial charge in [-0.25, -0.2) is 0 Å². The molecule has 2 saturated carbocycles. The maximum atomic E-state index is 13.6. The van der Waals surface area contributed by atoms with Crippen molar-refractivity contribution in [2.24, 2.45) is 5.92 Å². The molecule has 0 saturated heterocycles. The first-order valence-corrected chi connectivity index (χ1v) is 15.3. The lowest BCUT2D eigenvalue weighted by Crippen LogP contribution is -2.47. The largest absolute Gasteiger partial charge is 0.496 e. The van der Waals surface area contributed by atoms with Gasteiger partial charge in [-0.15, -0.1) is 0 Å². The molecule has 2 aliphatic carbocycles. The van der Waals surface area contributed by atoms with Gasteiger partial charge < -0.3 is 19.9 Å². The van der Waals surface area contributed by atoms with Crippen LogP contribution in [0.5, 0.6) is 5.75 Å². The van der Waals surface area contributed by atoms with Gasteiger partial charge in [0.1, 0.15) is 5.75 Å². The fourth-order valence-corrected chi connectivity index (χ4v) is 6.37. The third-order valence-corrected chi connectivity index (χ3v) is 9.64. The first kappa shape index (κ1) is 29.7. The Balaban J connectivity index is 1.86. The molecule has 5 nitrogen and oxygen atoms in total. The van der Waals surface area contributed by atoms with E-state index < -0.39 is 0 Å². The highest BCUT2D eigenvalue weighted by molar-refractivity contribution is 5.97. The van der Waals surface area contributed by atoms with E-state index in [0.29, 0.717) is 12.5 Å². The van der Waals surface area contributed by atoms with Crippen molar-refractivity contribution in [2.75, 3.05) is 20.7 Å². The minimum absolute atomic E-state index is 0.0106. The van der Waals surface area contributed by atoms with Crippen LogP contribution in [0, 0.1) is 12.8 Å². The molecular formula is C34H53N3O2. The summed E-state index contributed by atoms with van der Waals surface area (Å²) in [5, 5.41) is 6.49. The van der Waals surface area contributed by atoms with E-state index in [-0.39, 0.29) is 22.3 Å². The Hall–Kier alpha value is -2.27. The van der Waals surface area contributed by atoms with Crippen molar-refractivity contribution in [3.63, 3.8) is 0 Å². The number of carbonyl (C=O) groups excluding carboxylic acids is 1. The zero-order valence-corrected chi connectivity index (χ0v) is 26.1. The van der Waals surface area contributed by atoms with E-state index in [1.807, 2.05) is 14.2 Å². The quantitative estimate of drug-likeness (QED) is 0.331. The summed E-state index contributed by atoms with van der Waals surface area (Å²) in [7, 11) is 3.76. The molecule has 4 rings (SSSR count). The van der Waals surface area contributed by atoms with Gasteiger partial charge in [0, 0.05) is 41.1 Å². The predicted molar refractivity (Wildman–Crippen MR) is 163 cm³/mol. The first-order chi connectivity index (χ1) is 18.4. The molecule has 39 heavy (non-hydrogen) atoms. The average molecular weight is 536 g/mol. The van der Waals surface area contributed by atoms with E-state index in [9.17, 15) is 4.79 Å². The zero-order chi connectivity index (χ0) is 28.6. The van der Waals surface area contributed by atoms with Crippen molar-refractivity contribution in [1.29, 1.82) is 0 Å². The molecule has 0 unspecified atom stereocenters. The topological polar surface area (TPSA) is 55.3 Å². The van der Waals surface area contributed by atoms with Crippen molar-refractivity contribution in [3.05, 3.63) is 40.6 Å². The molecule has 2 fully saturated rings. The minimum Gasteiger partial charge on any atom is -0.496 e. The van der Waals surface area contributed by atoms with Crippen molar-refractivity contribution in [3.8, 4) is 17.0 Å². The Morgan fingerprint density at radius 3 is 2.28 bits per heavy atom. The second-order valence-corrected chi connectivity index (χ2v) is 13.9. The predicted octanol–water partition coefficient (Wildman–Crippen LogP) is 7.52. The molecule has 0 radical (unpaired) electrons. The molecule has 1 aromatic carbocycles. The van der Waals surface area contributed by atoms with Crippen molar-refractivity contribution >= 4 is 5.91 Å². The highest BCUT2D eigenvalue weighted by Crippen LogP contribution is 2.56. The van der Waals surface area contributed by atoms with Gasteiger partial charge in [0.05, 0.1) is 12.7 Å². The lowest BCUT2D eigenvalue weighted by molar-refractivity contribution is 0.0942. The Morgan fingerprint density at radius 1 is 1.08 bits per heavy atom. The van der Waals surface area contributed by atoms with E-state index in [2.05, 4.69) is 81.9 Å². The highest BCUT2D eigenvalue weighted by Gasteiger charge is 2.45. The van der Waals surface area contributed by atoms with E-state index >= 15 is 0 Å². The van der Waals surface area contributed by atoms with Gasteiger partial charge in [-0.05, 0) is 100 Å². The number of hydrogen-bond acceptors (Lipinski definition) is 3. The molecule has 1 heterocycles. The van der Waals surface area contributed by atoms with Crippen LogP contribution in [0.25, 0.3) is 11.3 Å². The molecule has 0 spiro atoms. The zero-order valence-electron chi connectivity index (χ0n) is 26.1. The van der Waals surface area contributed by atoms with E-state index in [4.69, 9.17) is 4.74 Å². The number of nitrogens with zero attached hydrogens (tertiary/aromatic N) is 1. The fraction of sp³-hybridized carbons (Fsp3) is 0.676. The highest BCUT2D eigenvalue weighted by atomic mass is 16.5. The van der Waals surface area contributed by atoms with Crippen molar-refractivity contribution < 1.29 is 9.53 Å². The number of hydrogen-bond donors (Lipinski definition) is 2. The van der Waals surface area contributed by atoms with Gasteiger partial charge in [0.25, 0.3) is 5.91 Å². The fourth-order valence-electron chi connectivity index (χ4n) is 6.37. The second-order valence-electron chi connectivity index (χ2n) is 13.9. The lowest BCUT2D eigenvalue weighted by Gasteiger charge is -2.29. The summed E-state index contributed by atoms with van der Waals surface area (Å²) in [6, 6.07) is 6.89. The Morgan fingerprint density at radius 2 is 1.74 bits per heavy atom. The summed E-state index contributed by atoms with van der Waals surface area (Å²) >= 11 is 0. The maximum absolute atomic E-state index is 13.6. The molecule has 2 N–H and O–H groups in total. The van der Waals surface area contributed by atoms with Crippen LogP contribution in [0.1, 0.15) is 120 Å². The lowest BCUT2D eigenvalue weighted by atomic mass is 9.80. The van der Waals surface area contributed by atoms with Gasteiger partial charge in [0.15, 0.2) is 0 Å². The number of likely N-dealkylation sites (N-methyl/N-ethyl adjacent to an activating group) is 1. The van der Waals surface area contributed by atoms with Crippen LogP contribution in [-0.4, -0.2) is 36.7 Å².